The molecule has 1 aromatic heterocycles. The second kappa shape index (κ2) is 15.2. The molecule has 3 aromatic rings. The Morgan fingerprint density at radius 2 is 1.61 bits per heavy atom. The van der Waals surface area contributed by atoms with Crippen molar-refractivity contribution in [3.05, 3.63) is 59.8 Å². The Morgan fingerprint density at radius 3 is 2.27 bits per heavy atom. The summed E-state index contributed by atoms with van der Waals surface area (Å²) in [7, 11) is 1.71. The van der Waals surface area contributed by atoms with Crippen molar-refractivity contribution in [1.82, 2.24) is 20.1 Å². The van der Waals surface area contributed by atoms with Crippen molar-refractivity contribution >= 4 is 22.5 Å². The van der Waals surface area contributed by atoms with Crippen LogP contribution < -0.4 is 15.0 Å². The summed E-state index contributed by atoms with van der Waals surface area (Å²) in [5, 5.41) is 4.34. The summed E-state index contributed by atoms with van der Waals surface area (Å²) < 4.78 is 15.7. The van der Waals surface area contributed by atoms with Gasteiger partial charge in [0.25, 0.3) is 5.91 Å². The third-order valence-corrected chi connectivity index (χ3v) is 8.14. The minimum atomic E-state index is 0.108. The lowest BCUT2D eigenvalue weighted by Crippen LogP contribution is -2.46. The minimum absolute atomic E-state index is 0.108. The minimum Gasteiger partial charge on any atom is -0.497 e. The monoisotopic (exact) mass is 563 g/mol. The van der Waals surface area contributed by atoms with E-state index in [9.17, 15) is 4.79 Å². The number of nitrogens with zero attached hydrogens (tertiary/aromatic N) is 3. The Bertz CT molecular complexity index is 1200. The first-order valence-corrected chi connectivity index (χ1v) is 15.1. The maximum atomic E-state index is 12.9. The highest BCUT2D eigenvalue weighted by Crippen LogP contribution is 2.24. The quantitative estimate of drug-likeness (QED) is 0.407. The fourth-order valence-electron chi connectivity index (χ4n) is 5.66. The van der Waals surface area contributed by atoms with Gasteiger partial charge in [-0.25, -0.2) is 0 Å². The third-order valence-electron chi connectivity index (χ3n) is 8.14. The largest absolute Gasteiger partial charge is 0.497 e. The van der Waals surface area contributed by atoms with Crippen LogP contribution >= 0.6 is 0 Å². The summed E-state index contributed by atoms with van der Waals surface area (Å²) in [6.07, 6.45) is 5.47. The van der Waals surface area contributed by atoms with Gasteiger partial charge in [-0.3, -0.25) is 9.69 Å². The number of H-pyrrole nitrogens is 1. The molecular weight excluding hydrogens is 518 g/mol. The number of aromatic amines is 1. The molecule has 2 N–H and O–H groups in total. The van der Waals surface area contributed by atoms with Crippen LogP contribution in [0.2, 0.25) is 0 Å². The highest BCUT2D eigenvalue weighted by Gasteiger charge is 2.20. The van der Waals surface area contributed by atoms with Gasteiger partial charge in [-0.2, -0.15) is 0 Å². The number of methoxy groups -OCH3 is 1. The SMILES string of the molecule is C1COCCN1.COc1ccc(N2CCN(CCCCc3c[nH]c4ccc(C(=O)N5CCOCC5)cc34)CC2)cc1. The molecule has 222 valence electrons. The van der Waals surface area contributed by atoms with Crippen LogP contribution in [0.15, 0.2) is 48.7 Å². The topological polar surface area (TPSA) is 82.3 Å². The second-order valence-corrected chi connectivity index (χ2v) is 10.8. The van der Waals surface area contributed by atoms with E-state index in [2.05, 4.69) is 44.5 Å². The van der Waals surface area contributed by atoms with E-state index in [-0.39, 0.29) is 5.91 Å². The summed E-state index contributed by atoms with van der Waals surface area (Å²) in [5.41, 5.74) is 4.46. The third kappa shape index (κ3) is 8.23. The predicted molar refractivity (Wildman–Crippen MR) is 163 cm³/mol. The molecule has 4 heterocycles. The lowest BCUT2D eigenvalue weighted by atomic mass is 10.0. The van der Waals surface area contributed by atoms with Gasteiger partial charge >= 0.3 is 0 Å². The molecule has 9 heteroatoms. The smallest absolute Gasteiger partial charge is 0.254 e. The highest BCUT2D eigenvalue weighted by atomic mass is 16.5. The van der Waals surface area contributed by atoms with Gasteiger partial charge in [0.05, 0.1) is 33.5 Å². The van der Waals surface area contributed by atoms with Crippen LogP contribution in [-0.4, -0.2) is 113 Å². The number of benzene rings is 2. The first kappa shape index (κ1) is 29.4. The zero-order chi connectivity index (χ0) is 28.3. The van der Waals surface area contributed by atoms with Gasteiger partial charge in [0.1, 0.15) is 5.75 Å². The van der Waals surface area contributed by atoms with Crippen LogP contribution in [0, 0.1) is 0 Å². The molecule has 41 heavy (non-hydrogen) atoms. The van der Waals surface area contributed by atoms with Crippen molar-refractivity contribution in [1.29, 1.82) is 0 Å². The first-order chi connectivity index (χ1) is 20.2. The molecule has 6 rings (SSSR count). The molecule has 3 fully saturated rings. The van der Waals surface area contributed by atoms with E-state index in [1.165, 1.54) is 23.1 Å². The molecule has 0 atom stereocenters. The van der Waals surface area contributed by atoms with Crippen molar-refractivity contribution in [2.24, 2.45) is 0 Å². The van der Waals surface area contributed by atoms with Gasteiger partial charge in [-0.05, 0) is 73.8 Å². The second-order valence-electron chi connectivity index (χ2n) is 10.8. The number of rotatable bonds is 8. The summed E-state index contributed by atoms with van der Waals surface area (Å²) in [6, 6.07) is 14.4. The lowest BCUT2D eigenvalue weighted by molar-refractivity contribution is 0.0303. The van der Waals surface area contributed by atoms with Crippen molar-refractivity contribution in [2.45, 2.75) is 19.3 Å². The van der Waals surface area contributed by atoms with Crippen molar-refractivity contribution in [2.75, 3.05) is 97.3 Å². The molecule has 0 unspecified atom stereocenters. The molecule has 3 aliphatic rings. The summed E-state index contributed by atoms with van der Waals surface area (Å²) >= 11 is 0. The standard InChI is InChI=1S/C28H36N4O3.C4H9NO/c1-34-25-8-6-24(7-9-25)31-14-12-30(13-15-31)11-3-2-4-23-21-29-27-10-5-22(20-26(23)27)28(33)32-16-18-35-19-17-32;1-3-6-4-2-5-1/h5-10,20-21,29H,2-4,11-19H2,1H3;5H,1-4H2. The number of aromatic nitrogens is 1. The van der Waals surface area contributed by atoms with Crippen LogP contribution in [-0.2, 0) is 15.9 Å². The van der Waals surface area contributed by atoms with Crippen molar-refractivity contribution in [3.63, 3.8) is 0 Å². The molecule has 0 radical (unpaired) electrons. The first-order valence-electron chi connectivity index (χ1n) is 15.1. The molecule has 0 aliphatic carbocycles. The number of hydrogen-bond acceptors (Lipinski definition) is 7. The zero-order valence-electron chi connectivity index (χ0n) is 24.4. The van der Waals surface area contributed by atoms with Gasteiger partial charge < -0.3 is 34.3 Å². The number of fused-ring (bicyclic) bond motifs is 1. The number of carbonyl (C=O) groups is 1. The van der Waals surface area contributed by atoms with Gasteiger partial charge in [-0.1, -0.05) is 0 Å². The van der Waals surface area contributed by atoms with E-state index in [0.29, 0.717) is 26.3 Å². The van der Waals surface area contributed by atoms with Crippen molar-refractivity contribution < 1.29 is 19.0 Å². The Kier molecular flexibility index (Phi) is 10.9. The Morgan fingerprint density at radius 1 is 0.878 bits per heavy atom. The number of piperazine rings is 1. The lowest BCUT2D eigenvalue weighted by Gasteiger charge is -2.36. The number of hydrogen-bond donors (Lipinski definition) is 2. The van der Waals surface area contributed by atoms with Gasteiger partial charge in [0, 0.05) is 80.7 Å². The van der Waals surface area contributed by atoms with Crippen LogP contribution in [0.25, 0.3) is 10.9 Å². The molecule has 0 bridgehead atoms. The normalized spacial score (nSPS) is 18.2. The predicted octanol–water partition coefficient (Wildman–Crippen LogP) is 3.40. The van der Waals surface area contributed by atoms with E-state index >= 15 is 0 Å². The molecule has 3 saturated heterocycles. The Balaban J connectivity index is 0.000000500. The molecule has 0 saturated carbocycles. The summed E-state index contributed by atoms with van der Waals surface area (Å²) in [4.78, 5) is 23.2. The number of ether oxygens (including phenoxy) is 3. The fraction of sp³-hybridized carbons (Fsp3) is 0.531. The number of morpholine rings is 2. The Hall–Kier alpha value is -3.11. The number of nitrogens with one attached hydrogen (secondary N) is 2. The van der Waals surface area contributed by atoms with E-state index in [1.807, 2.05) is 29.2 Å². The Labute approximate surface area is 243 Å². The average molecular weight is 564 g/mol. The number of anilines is 1. The highest BCUT2D eigenvalue weighted by molar-refractivity contribution is 5.98. The van der Waals surface area contributed by atoms with E-state index in [1.54, 1.807) is 7.11 Å². The zero-order valence-corrected chi connectivity index (χ0v) is 24.4. The molecular formula is C32H45N5O4. The van der Waals surface area contributed by atoms with Crippen LogP contribution in [0.5, 0.6) is 5.75 Å². The number of aryl methyl sites for hydroxylation is 1. The fourth-order valence-corrected chi connectivity index (χ4v) is 5.66. The van der Waals surface area contributed by atoms with Crippen LogP contribution in [0.1, 0.15) is 28.8 Å². The maximum absolute atomic E-state index is 12.9. The van der Waals surface area contributed by atoms with Gasteiger partial charge in [0.15, 0.2) is 0 Å². The molecule has 3 aliphatic heterocycles. The van der Waals surface area contributed by atoms with E-state index in [0.717, 1.165) is 88.7 Å². The van der Waals surface area contributed by atoms with Crippen molar-refractivity contribution in [3.8, 4) is 5.75 Å². The maximum Gasteiger partial charge on any atom is 0.254 e. The van der Waals surface area contributed by atoms with E-state index in [4.69, 9.17) is 14.2 Å². The molecule has 9 nitrogen and oxygen atoms in total. The average Bonchev–Trinajstić information content (AvgIpc) is 3.47. The van der Waals surface area contributed by atoms with Gasteiger partial charge in [-0.15, -0.1) is 0 Å². The number of unbranched alkanes of at least 4 members (excludes halogenated alkanes) is 1. The summed E-state index contributed by atoms with van der Waals surface area (Å²) in [5.74, 6) is 1.01. The molecule has 1 amide bonds. The summed E-state index contributed by atoms with van der Waals surface area (Å²) in [6.45, 7) is 11.9. The molecule has 2 aromatic carbocycles. The number of carbonyl (C=O) groups excluding carboxylic acids is 1. The number of amides is 1. The van der Waals surface area contributed by atoms with Crippen LogP contribution in [0.3, 0.4) is 0 Å². The van der Waals surface area contributed by atoms with E-state index < -0.39 is 0 Å². The van der Waals surface area contributed by atoms with Gasteiger partial charge in [0.2, 0.25) is 0 Å². The molecule has 0 spiro atoms. The van der Waals surface area contributed by atoms with Crippen LogP contribution in [0.4, 0.5) is 5.69 Å².